The van der Waals surface area contributed by atoms with Crippen molar-refractivity contribution in [1.29, 1.82) is 0 Å². The van der Waals surface area contributed by atoms with Crippen LogP contribution in [0.1, 0.15) is 20.8 Å². The first-order valence-corrected chi connectivity index (χ1v) is 9.72. The summed E-state index contributed by atoms with van der Waals surface area (Å²) in [6, 6.07) is 6.58. The lowest BCUT2D eigenvalue weighted by Crippen LogP contribution is -2.60. The Balaban J connectivity index is 1.88. The smallest absolute Gasteiger partial charge is 0.445 e. The highest BCUT2D eigenvalue weighted by molar-refractivity contribution is 6.18. The number of anilines is 1. The molecule has 1 unspecified atom stereocenters. The monoisotopic (exact) mass is 397 g/mol. The van der Waals surface area contributed by atoms with Crippen LogP contribution in [0.4, 0.5) is 10.7 Å². The summed E-state index contributed by atoms with van der Waals surface area (Å²) in [5.74, 6) is 2.55. The van der Waals surface area contributed by atoms with E-state index in [9.17, 15) is 9.59 Å². The van der Waals surface area contributed by atoms with E-state index in [4.69, 9.17) is 4.74 Å². The summed E-state index contributed by atoms with van der Waals surface area (Å²) in [6.07, 6.45) is 0. The van der Waals surface area contributed by atoms with E-state index >= 15 is 0 Å². The number of rotatable bonds is 5. The molecule has 0 fully saturated rings. The minimum Gasteiger partial charge on any atom is -0.494 e. The Morgan fingerprint density at radius 3 is 2.48 bits per heavy atom. The number of hydrogen-bond acceptors (Lipinski definition) is 6. The number of carbonyl (C=O) groups excluding carboxylic acids is 2. The second-order valence-corrected chi connectivity index (χ2v) is 7.66. The molecule has 1 aromatic heterocycles. The van der Waals surface area contributed by atoms with Crippen molar-refractivity contribution < 1.29 is 18.9 Å². The lowest BCUT2D eigenvalue weighted by molar-refractivity contribution is -0.407. The van der Waals surface area contributed by atoms with Gasteiger partial charge in [0.25, 0.3) is 5.95 Å². The van der Waals surface area contributed by atoms with Crippen molar-refractivity contribution in [3.8, 4) is 17.1 Å². The lowest BCUT2D eigenvalue weighted by Gasteiger charge is -2.28. The molecule has 3 amide bonds. The average Bonchev–Trinajstić information content (AvgIpc) is 3.24. The fourth-order valence-corrected chi connectivity index (χ4v) is 3.86. The zero-order chi connectivity index (χ0) is 20.9. The highest BCUT2D eigenvalue weighted by Gasteiger charge is 2.55. The van der Waals surface area contributed by atoms with E-state index in [1.165, 1.54) is 11.6 Å². The van der Waals surface area contributed by atoms with Gasteiger partial charge in [-0.2, -0.15) is 9.47 Å². The number of fused-ring (bicyclic) bond motifs is 3. The van der Waals surface area contributed by atoms with Gasteiger partial charge in [0.15, 0.2) is 0 Å². The molecule has 1 atom stereocenters. The number of carbonyl (C=O) groups is 2. The van der Waals surface area contributed by atoms with Crippen LogP contribution >= 0.6 is 0 Å². The quantitative estimate of drug-likeness (QED) is 0.714. The number of likely N-dealkylation sites (N-methyl/N-ethyl adjacent to an activating group) is 1. The van der Waals surface area contributed by atoms with Crippen molar-refractivity contribution in [3.05, 3.63) is 24.3 Å². The third kappa shape index (κ3) is 2.88. The molecule has 3 heterocycles. The number of nitrogens with zero attached hydrogens (tertiary/aromatic N) is 6. The molecule has 0 saturated carbocycles. The summed E-state index contributed by atoms with van der Waals surface area (Å²) in [4.78, 5) is 28.7. The highest BCUT2D eigenvalue weighted by atomic mass is 16.5. The molecular weight excluding hydrogens is 372 g/mol. The van der Waals surface area contributed by atoms with Crippen molar-refractivity contribution in [2.45, 2.75) is 26.8 Å². The molecule has 29 heavy (non-hydrogen) atoms. The van der Waals surface area contributed by atoms with Crippen LogP contribution < -0.4 is 9.64 Å². The molecule has 9 heteroatoms. The van der Waals surface area contributed by atoms with Crippen molar-refractivity contribution >= 4 is 23.7 Å². The Kier molecular flexibility index (Phi) is 4.60. The van der Waals surface area contributed by atoms with Gasteiger partial charge in [-0.05, 0) is 37.1 Å². The minimum absolute atomic E-state index is 0.258. The van der Waals surface area contributed by atoms with Crippen LogP contribution in [-0.2, 0) is 4.79 Å². The summed E-state index contributed by atoms with van der Waals surface area (Å²) in [5, 5.41) is 8.77. The predicted molar refractivity (Wildman–Crippen MR) is 107 cm³/mol. The summed E-state index contributed by atoms with van der Waals surface area (Å²) in [5.41, 5.74) is 0.831. The molecule has 1 aromatic carbocycles. The van der Waals surface area contributed by atoms with Crippen molar-refractivity contribution in [2.75, 3.05) is 32.1 Å². The van der Waals surface area contributed by atoms with E-state index in [-0.39, 0.29) is 11.9 Å². The molecule has 152 valence electrons. The SMILES string of the molecule is CCOc1ccc(-c2nnc3n2C2=[N+](C)C(=O)N(C)C(=O)C2N3CC(C)C)cc1. The van der Waals surface area contributed by atoms with E-state index in [2.05, 4.69) is 24.0 Å². The molecule has 0 aliphatic carbocycles. The van der Waals surface area contributed by atoms with Crippen molar-refractivity contribution in [2.24, 2.45) is 5.92 Å². The van der Waals surface area contributed by atoms with Crippen molar-refractivity contribution in [3.63, 3.8) is 0 Å². The number of urea groups is 1. The van der Waals surface area contributed by atoms with Gasteiger partial charge in [-0.25, -0.2) is 9.37 Å². The summed E-state index contributed by atoms with van der Waals surface area (Å²) >= 11 is 0. The van der Waals surface area contributed by atoms with Crippen LogP contribution in [-0.4, -0.2) is 75.3 Å². The fraction of sp³-hybridized carbons (Fsp3) is 0.450. The van der Waals surface area contributed by atoms with E-state index in [0.717, 1.165) is 16.2 Å². The van der Waals surface area contributed by atoms with E-state index in [1.807, 2.05) is 40.7 Å². The maximum atomic E-state index is 13.0. The van der Waals surface area contributed by atoms with Gasteiger partial charge in [-0.15, -0.1) is 5.10 Å². The summed E-state index contributed by atoms with van der Waals surface area (Å²) in [7, 11) is 3.19. The van der Waals surface area contributed by atoms with Gasteiger partial charge in [0.05, 0.1) is 20.7 Å². The molecule has 0 spiro atoms. The fourth-order valence-electron chi connectivity index (χ4n) is 3.86. The molecule has 0 radical (unpaired) electrons. The molecule has 2 aliphatic rings. The van der Waals surface area contributed by atoms with Gasteiger partial charge >= 0.3 is 11.9 Å². The van der Waals surface area contributed by atoms with E-state index < -0.39 is 6.04 Å². The number of hydrogen-bond donors (Lipinski definition) is 0. The van der Waals surface area contributed by atoms with Crippen LogP contribution in [0.5, 0.6) is 5.75 Å². The van der Waals surface area contributed by atoms with Crippen LogP contribution in [0.15, 0.2) is 24.3 Å². The van der Waals surface area contributed by atoms with Gasteiger partial charge in [0.2, 0.25) is 17.7 Å². The van der Waals surface area contributed by atoms with Gasteiger partial charge < -0.3 is 9.64 Å². The van der Waals surface area contributed by atoms with Crippen LogP contribution in [0, 0.1) is 5.92 Å². The largest absolute Gasteiger partial charge is 0.494 e. The van der Waals surface area contributed by atoms with Crippen LogP contribution in [0.2, 0.25) is 0 Å². The maximum absolute atomic E-state index is 13.0. The Hall–Kier alpha value is -3.23. The third-order valence-corrected chi connectivity index (χ3v) is 5.16. The third-order valence-electron chi connectivity index (χ3n) is 5.16. The van der Waals surface area contributed by atoms with Crippen LogP contribution in [0.25, 0.3) is 11.4 Å². The molecular formula is C20H25N6O3+. The average molecular weight is 397 g/mol. The predicted octanol–water partition coefficient (Wildman–Crippen LogP) is 1.67. The Labute approximate surface area is 169 Å². The lowest BCUT2D eigenvalue weighted by atomic mass is 10.1. The molecule has 2 aliphatic heterocycles. The van der Waals surface area contributed by atoms with E-state index in [1.54, 1.807) is 7.05 Å². The standard InChI is InChI=1S/C20H25N6O3/c1-6-29-14-9-7-13(8-10-14)16-21-22-19-25(11-12(2)3)15-17(26(16)19)23(4)20(28)24(5)18(15)27/h7-10,12,15H,6,11H2,1-5H3/q+1. The maximum Gasteiger partial charge on any atom is 0.445 e. The Morgan fingerprint density at radius 1 is 1.17 bits per heavy atom. The van der Waals surface area contributed by atoms with Crippen LogP contribution in [0.3, 0.4) is 0 Å². The van der Waals surface area contributed by atoms with Gasteiger partial charge in [-0.1, -0.05) is 18.9 Å². The topological polar surface area (TPSA) is 83.6 Å². The number of imide groups is 1. The Morgan fingerprint density at radius 2 is 1.86 bits per heavy atom. The van der Waals surface area contributed by atoms with Gasteiger partial charge in [0, 0.05) is 12.1 Å². The minimum atomic E-state index is -0.600. The molecule has 4 rings (SSSR count). The molecule has 0 bridgehead atoms. The number of aromatic nitrogens is 3. The first kappa shape index (κ1) is 19.1. The number of benzene rings is 1. The molecule has 0 N–H and O–H groups in total. The van der Waals surface area contributed by atoms with Crippen molar-refractivity contribution in [1.82, 2.24) is 19.7 Å². The zero-order valence-corrected chi connectivity index (χ0v) is 17.3. The molecule has 9 nitrogen and oxygen atoms in total. The summed E-state index contributed by atoms with van der Waals surface area (Å²) in [6.45, 7) is 7.31. The normalized spacial score (nSPS) is 18.6. The first-order chi connectivity index (χ1) is 13.8. The second-order valence-electron chi connectivity index (χ2n) is 7.66. The summed E-state index contributed by atoms with van der Waals surface area (Å²) < 4.78 is 8.85. The first-order valence-electron chi connectivity index (χ1n) is 9.72. The molecule has 0 saturated heterocycles. The number of ether oxygens (including phenoxy) is 1. The Bertz CT molecular complexity index is 1010. The number of amides is 3. The van der Waals surface area contributed by atoms with Gasteiger partial charge in [-0.3, -0.25) is 4.79 Å². The zero-order valence-electron chi connectivity index (χ0n) is 17.3. The molecule has 2 aromatic rings. The highest BCUT2D eigenvalue weighted by Crippen LogP contribution is 2.33. The van der Waals surface area contributed by atoms with Gasteiger partial charge in [0.1, 0.15) is 5.75 Å². The second kappa shape index (κ2) is 6.98. The van der Waals surface area contributed by atoms with E-state index in [0.29, 0.717) is 36.7 Å².